The van der Waals surface area contributed by atoms with Crippen LogP contribution in [0.1, 0.15) is 44.4 Å². The van der Waals surface area contributed by atoms with E-state index in [2.05, 4.69) is 81.1 Å². The van der Waals surface area contributed by atoms with Crippen LogP contribution in [-0.2, 0) is 7.05 Å². The van der Waals surface area contributed by atoms with Gasteiger partial charge in [-0.15, -0.1) is 11.3 Å². The first-order valence-electron chi connectivity index (χ1n) is 9.83. The van der Waals surface area contributed by atoms with Gasteiger partial charge < -0.3 is 0 Å². The predicted octanol–water partition coefficient (Wildman–Crippen LogP) is 6.68. The normalized spacial score (nSPS) is 13.3. The van der Waals surface area contributed by atoms with Crippen molar-refractivity contribution in [2.75, 3.05) is 0 Å². The molecule has 0 N–H and O–H groups in total. The number of pyridine rings is 1. The van der Waals surface area contributed by atoms with Crippen molar-refractivity contribution < 1.29 is 5.94 Å². The van der Waals surface area contributed by atoms with Crippen molar-refractivity contribution in [3.8, 4) is 11.3 Å². The predicted molar refractivity (Wildman–Crippen MR) is 114 cm³/mol. The molecule has 2 aromatic carbocycles. The van der Waals surface area contributed by atoms with Gasteiger partial charge in [-0.3, -0.25) is 0 Å². The third kappa shape index (κ3) is 2.73. The lowest BCUT2D eigenvalue weighted by Gasteiger charge is -2.13. The van der Waals surface area contributed by atoms with E-state index in [-0.39, 0.29) is 0 Å². The van der Waals surface area contributed by atoms with Gasteiger partial charge in [-0.2, -0.15) is 4.57 Å². The first-order chi connectivity index (χ1) is 12.9. The first kappa shape index (κ1) is 16.0. The highest BCUT2D eigenvalue weighted by Crippen LogP contribution is 2.34. The molecule has 2 heterocycles. The Hall–Kier alpha value is -2.19. The quantitative estimate of drug-likeness (QED) is 0.358. The van der Waals surface area contributed by atoms with Crippen LogP contribution in [0.3, 0.4) is 0 Å². The van der Waals surface area contributed by atoms with Gasteiger partial charge in [-0.1, -0.05) is 26.0 Å². The molecule has 0 aliphatic rings. The molecule has 0 saturated heterocycles. The molecule has 4 rings (SSSR count). The highest BCUT2D eigenvalue weighted by molar-refractivity contribution is 7.17. The SMILES string of the molecule is [2H]c1c(C)[n+](C)c(-c2cc3sccc3cc2C)c2ccc(C(C)CC)cc12. The second-order valence-corrected chi connectivity index (χ2v) is 8.31. The Kier molecular flexibility index (Phi) is 4.01. The molecule has 1 unspecified atom stereocenters. The van der Waals surface area contributed by atoms with Crippen LogP contribution in [0.5, 0.6) is 0 Å². The highest BCUT2D eigenvalue weighted by Gasteiger charge is 2.21. The van der Waals surface area contributed by atoms with Crippen LogP contribution in [0, 0.1) is 13.8 Å². The summed E-state index contributed by atoms with van der Waals surface area (Å²) < 4.78 is 12.2. The van der Waals surface area contributed by atoms with Crippen LogP contribution in [-0.4, -0.2) is 0 Å². The van der Waals surface area contributed by atoms with E-state index in [1.54, 1.807) is 11.3 Å². The number of fused-ring (bicyclic) bond motifs is 2. The Morgan fingerprint density at radius 2 is 1.92 bits per heavy atom. The van der Waals surface area contributed by atoms with Gasteiger partial charge in [-0.05, 0) is 70.8 Å². The fourth-order valence-corrected chi connectivity index (χ4v) is 4.56. The Morgan fingerprint density at radius 3 is 2.69 bits per heavy atom. The van der Waals surface area contributed by atoms with E-state index >= 15 is 0 Å². The maximum Gasteiger partial charge on any atom is 0.220 e. The molecule has 1 atom stereocenters. The second-order valence-electron chi connectivity index (χ2n) is 7.36. The summed E-state index contributed by atoms with van der Waals surface area (Å²) in [5, 5.41) is 5.69. The van der Waals surface area contributed by atoms with Gasteiger partial charge in [-0.25, -0.2) is 0 Å². The van der Waals surface area contributed by atoms with Gasteiger partial charge in [0, 0.05) is 17.7 Å². The van der Waals surface area contributed by atoms with Crippen LogP contribution < -0.4 is 4.57 Å². The molecular weight excluding hydrogens is 334 g/mol. The van der Waals surface area contributed by atoms with Crippen molar-refractivity contribution in [2.24, 2.45) is 7.05 Å². The van der Waals surface area contributed by atoms with Crippen molar-refractivity contribution in [1.29, 1.82) is 0 Å². The summed E-state index contributed by atoms with van der Waals surface area (Å²) in [5.41, 5.74) is 6.08. The van der Waals surface area contributed by atoms with Crippen molar-refractivity contribution in [3.63, 3.8) is 0 Å². The molecule has 1 nitrogen and oxygen atoms in total. The molecule has 0 saturated carbocycles. The Balaban J connectivity index is 2.08. The van der Waals surface area contributed by atoms with Gasteiger partial charge in [0.15, 0.2) is 5.69 Å². The first-order valence-corrected chi connectivity index (χ1v) is 10.2. The molecule has 0 amide bonds. The summed E-state index contributed by atoms with van der Waals surface area (Å²) in [6.07, 6.45) is 1.11. The average molecular weight is 362 g/mol. The third-order valence-electron chi connectivity index (χ3n) is 5.69. The van der Waals surface area contributed by atoms with Crippen LogP contribution >= 0.6 is 11.3 Å². The maximum absolute atomic E-state index is 8.72. The number of aromatic nitrogens is 1. The molecule has 2 aromatic heterocycles. The van der Waals surface area contributed by atoms with E-state index in [9.17, 15) is 0 Å². The highest BCUT2D eigenvalue weighted by atomic mass is 32.1. The van der Waals surface area contributed by atoms with E-state index in [1.165, 1.54) is 37.9 Å². The molecule has 0 spiro atoms. The van der Waals surface area contributed by atoms with Gasteiger partial charge in [0.1, 0.15) is 7.05 Å². The zero-order valence-corrected chi connectivity index (χ0v) is 17.0. The minimum absolute atomic E-state index is 0.510. The molecule has 26 heavy (non-hydrogen) atoms. The summed E-state index contributed by atoms with van der Waals surface area (Å²) in [7, 11) is 2.09. The number of rotatable bonds is 3. The number of hydrogen-bond donors (Lipinski definition) is 0. The molecule has 0 bridgehead atoms. The van der Waals surface area contributed by atoms with Gasteiger partial charge in [0.25, 0.3) is 0 Å². The third-order valence-corrected chi connectivity index (χ3v) is 6.57. The minimum Gasteiger partial charge on any atom is -0.198 e. The van der Waals surface area contributed by atoms with Crippen molar-refractivity contribution in [2.45, 2.75) is 40.0 Å². The summed E-state index contributed by atoms with van der Waals surface area (Å²) in [4.78, 5) is 0. The molecule has 0 aliphatic heterocycles. The Bertz CT molecular complexity index is 1170. The largest absolute Gasteiger partial charge is 0.220 e. The molecular formula is C24H26NS+. The van der Waals surface area contributed by atoms with Gasteiger partial charge in [0.05, 0.1) is 12.3 Å². The minimum atomic E-state index is 0.510. The van der Waals surface area contributed by atoms with Gasteiger partial charge >= 0.3 is 0 Å². The molecule has 4 aromatic rings. The molecule has 0 radical (unpaired) electrons. The second kappa shape index (κ2) is 6.51. The molecule has 132 valence electrons. The number of thiophene rings is 1. The van der Waals surface area contributed by atoms with Crippen LogP contribution in [0.2, 0.25) is 0 Å². The number of aryl methyl sites for hydroxylation is 1. The van der Waals surface area contributed by atoms with E-state index in [1.807, 2.05) is 0 Å². The summed E-state index contributed by atoms with van der Waals surface area (Å²) in [6.45, 7) is 8.73. The van der Waals surface area contributed by atoms with Gasteiger partial charge in [0.2, 0.25) is 5.69 Å². The summed E-state index contributed by atoms with van der Waals surface area (Å²) >= 11 is 1.79. The number of hydrogen-bond acceptors (Lipinski definition) is 1. The van der Waals surface area contributed by atoms with Crippen LogP contribution in [0.25, 0.3) is 32.1 Å². The van der Waals surface area contributed by atoms with E-state index < -0.39 is 0 Å². The lowest BCUT2D eigenvalue weighted by Crippen LogP contribution is -2.35. The molecule has 0 aliphatic carbocycles. The Labute approximate surface area is 161 Å². The zero-order chi connectivity index (χ0) is 19.3. The van der Waals surface area contributed by atoms with Crippen molar-refractivity contribution in [3.05, 3.63) is 64.6 Å². The zero-order valence-electron chi connectivity index (χ0n) is 17.2. The Morgan fingerprint density at radius 1 is 1.12 bits per heavy atom. The fourth-order valence-electron chi connectivity index (χ4n) is 3.75. The number of nitrogens with zero attached hydrogens (tertiary/aromatic N) is 1. The lowest BCUT2D eigenvalue weighted by atomic mass is 9.93. The standard InChI is InChI=1S/C24H26NS/c1-6-15(2)18-7-8-21-20(13-18)12-17(4)25(5)24(21)22-14-23-19(9-10-26-23)11-16(22)3/h7-15H,6H2,1-5H3/q+1/i12D. The lowest BCUT2D eigenvalue weighted by molar-refractivity contribution is -0.665. The monoisotopic (exact) mass is 361 g/mol. The van der Waals surface area contributed by atoms with E-state index in [0.29, 0.717) is 12.0 Å². The topological polar surface area (TPSA) is 3.88 Å². The van der Waals surface area contributed by atoms with Crippen LogP contribution in [0.4, 0.5) is 0 Å². The van der Waals surface area contributed by atoms with Crippen molar-refractivity contribution in [1.82, 2.24) is 0 Å². The smallest absolute Gasteiger partial charge is 0.198 e. The summed E-state index contributed by atoms with van der Waals surface area (Å²) in [5.74, 6) is 0.510. The maximum atomic E-state index is 8.72. The van der Waals surface area contributed by atoms with E-state index in [4.69, 9.17) is 1.37 Å². The van der Waals surface area contributed by atoms with Crippen molar-refractivity contribution >= 4 is 32.2 Å². The fraction of sp³-hybridized carbons (Fsp3) is 0.292. The van der Waals surface area contributed by atoms with Crippen LogP contribution in [0.15, 0.2) is 47.8 Å². The molecule has 0 fully saturated rings. The number of benzene rings is 2. The van der Waals surface area contributed by atoms with E-state index in [0.717, 1.165) is 17.5 Å². The average Bonchev–Trinajstić information content (AvgIpc) is 3.12. The summed E-state index contributed by atoms with van der Waals surface area (Å²) in [6, 6.07) is 14.1. The molecule has 2 heteroatoms.